The Labute approximate surface area is 215 Å². The maximum Gasteiger partial charge on any atom is 0.394 e. The van der Waals surface area contributed by atoms with Crippen LogP contribution in [0.2, 0.25) is 0 Å². The lowest BCUT2D eigenvalue weighted by molar-refractivity contribution is -0.735. The van der Waals surface area contributed by atoms with Crippen molar-refractivity contribution in [2.75, 3.05) is 0 Å². The second kappa shape index (κ2) is 7.72. The van der Waals surface area contributed by atoms with E-state index in [1.165, 1.54) is 36.4 Å². The molecule has 0 aliphatic carbocycles. The minimum absolute atomic E-state index is 0.0995. The zero-order chi connectivity index (χ0) is 26.3. The van der Waals surface area contributed by atoms with E-state index < -0.39 is 16.8 Å². The van der Waals surface area contributed by atoms with Crippen LogP contribution in [0.3, 0.4) is 0 Å². The van der Waals surface area contributed by atoms with Gasteiger partial charge in [0.15, 0.2) is 0 Å². The molecule has 0 bridgehead atoms. The van der Waals surface area contributed by atoms with Gasteiger partial charge in [-0.3, -0.25) is 0 Å². The lowest BCUT2D eigenvalue weighted by Crippen LogP contribution is -2.56. The molecule has 0 radical (unpaired) electrons. The van der Waals surface area contributed by atoms with Gasteiger partial charge in [-0.25, -0.2) is 8.78 Å². The summed E-state index contributed by atoms with van der Waals surface area (Å²) in [6, 6.07) is 22.4. The Morgan fingerprint density at radius 2 is 1.26 bits per heavy atom. The molecule has 38 heavy (non-hydrogen) atoms. The highest BCUT2D eigenvalue weighted by Gasteiger charge is 2.61. The van der Waals surface area contributed by atoms with Crippen LogP contribution >= 0.6 is 0 Å². The third kappa shape index (κ3) is 2.95. The van der Waals surface area contributed by atoms with Crippen LogP contribution in [0, 0.1) is 25.5 Å². The number of nitrogens with zero attached hydrogens (tertiary/aromatic N) is 4. The van der Waals surface area contributed by atoms with Gasteiger partial charge in [0.1, 0.15) is 26.3 Å². The maximum atomic E-state index is 17.0. The fourth-order valence-corrected chi connectivity index (χ4v) is 5.61. The SMILES string of the molecule is Cc1cc(F)ccc1C1=[N+]2C(=Nc3c4ccccc4c(-c4ccc(F)cc4C)n3[N+]2(F)F)c2ccccc21. The molecule has 0 N–H and O–H groups in total. The first-order chi connectivity index (χ1) is 18.3. The van der Waals surface area contributed by atoms with Crippen molar-refractivity contribution in [3.8, 4) is 11.3 Å². The van der Waals surface area contributed by atoms with Crippen LogP contribution in [0.25, 0.3) is 22.0 Å². The summed E-state index contributed by atoms with van der Waals surface area (Å²) in [5.74, 6) is -0.690. The number of rotatable bonds is 2. The molecule has 0 saturated carbocycles. The predicted octanol–water partition coefficient (Wildman–Crippen LogP) is 7.28. The largest absolute Gasteiger partial charge is 0.394 e. The summed E-state index contributed by atoms with van der Waals surface area (Å²) in [7, 11) is 0. The molecule has 1 aromatic heterocycles. The molecule has 2 aliphatic heterocycles. The minimum Gasteiger partial charge on any atom is -0.207 e. The molecule has 8 heteroatoms. The normalized spacial score (nSPS) is 15.4. The van der Waals surface area contributed by atoms with E-state index in [4.69, 9.17) is 4.99 Å². The second-order valence-electron chi connectivity index (χ2n) is 9.55. The zero-order valence-corrected chi connectivity index (χ0v) is 20.4. The minimum atomic E-state index is -2.71. The molecular formula is C30H20F4N4+2. The molecule has 0 atom stereocenters. The van der Waals surface area contributed by atoms with Crippen LogP contribution in [0.15, 0.2) is 89.9 Å². The standard InChI is InChI=1S/C30H20F4N4/c1-17-15-19(31)11-13-21(17)27-23-7-3-5-9-25(23)29-35-30-26-10-6-4-8-24(26)28(37(30)38(33,34)36(27)29)22-14-12-20(32)16-18(22)2/h3-16H,1-2H3/q+2. The summed E-state index contributed by atoms with van der Waals surface area (Å²) in [5, 5.41) is -1.58. The summed E-state index contributed by atoms with van der Waals surface area (Å²) in [4.78, 5) is 4.83. The highest BCUT2D eigenvalue weighted by molar-refractivity contribution is 6.23. The van der Waals surface area contributed by atoms with Gasteiger partial charge in [0, 0.05) is 22.1 Å². The van der Waals surface area contributed by atoms with Crippen molar-refractivity contribution >= 4 is 28.1 Å². The number of hydrogen-bond donors (Lipinski definition) is 0. The Balaban J connectivity index is 1.64. The zero-order valence-electron chi connectivity index (χ0n) is 20.4. The summed E-state index contributed by atoms with van der Waals surface area (Å²) >= 11 is 0. The van der Waals surface area contributed by atoms with Gasteiger partial charge in [0.05, 0.1) is 15.6 Å². The number of halogens is 4. The smallest absolute Gasteiger partial charge is 0.207 e. The Morgan fingerprint density at radius 3 is 1.92 bits per heavy atom. The number of quaternary nitrogens is 1. The molecule has 0 fully saturated rings. The van der Waals surface area contributed by atoms with Crippen LogP contribution in [0.1, 0.15) is 27.8 Å². The van der Waals surface area contributed by atoms with Crippen molar-refractivity contribution in [1.29, 1.82) is 0 Å². The third-order valence-corrected chi connectivity index (χ3v) is 7.25. The molecule has 5 aromatic rings. The summed E-state index contributed by atoms with van der Waals surface area (Å²) < 4.78 is 63.9. The van der Waals surface area contributed by atoms with E-state index in [1.807, 2.05) is 0 Å². The van der Waals surface area contributed by atoms with Gasteiger partial charge in [-0.15, -0.1) is 0 Å². The first-order valence-electron chi connectivity index (χ1n) is 12.1. The molecular weight excluding hydrogens is 492 g/mol. The lowest BCUT2D eigenvalue weighted by Gasteiger charge is -2.19. The van der Waals surface area contributed by atoms with E-state index in [9.17, 15) is 8.78 Å². The van der Waals surface area contributed by atoms with Gasteiger partial charge in [0.25, 0.3) is 0 Å². The second-order valence-corrected chi connectivity index (χ2v) is 9.55. The number of hydrogen-bond acceptors (Lipinski definition) is 1. The average molecular weight is 513 g/mol. The summed E-state index contributed by atoms with van der Waals surface area (Å²) in [5.41, 5.74) is 3.58. The molecule has 0 spiro atoms. The van der Waals surface area contributed by atoms with E-state index in [1.54, 1.807) is 62.4 Å². The topological polar surface area (TPSA) is 20.3 Å². The van der Waals surface area contributed by atoms with Crippen LogP contribution < -0.4 is 5.15 Å². The maximum absolute atomic E-state index is 17.0. The van der Waals surface area contributed by atoms with E-state index in [0.29, 0.717) is 44.2 Å². The number of benzene rings is 4. The summed E-state index contributed by atoms with van der Waals surface area (Å²) in [6.07, 6.45) is 0. The quantitative estimate of drug-likeness (QED) is 0.135. The molecule has 3 heterocycles. The Hall–Kier alpha value is -4.56. The van der Waals surface area contributed by atoms with E-state index >= 15 is 8.96 Å². The molecule has 2 aliphatic rings. The van der Waals surface area contributed by atoms with E-state index in [2.05, 4.69) is 0 Å². The first kappa shape index (κ1) is 22.6. The van der Waals surface area contributed by atoms with Gasteiger partial charge in [-0.2, -0.15) is 0 Å². The average Bonchev–Trinajstić information content (AvgIpc) is 3.39. The Morgan fingerprint density at radius 1 is 0.684 bits per heavy atom. The van der Waals surface area contributed by atoms with Gasteiger partial charge in [-0.1, -0.05) is 30.3 Å². The molecule has 0 saturated heterocycles. The van der Waals surface area contributed by atoms with Crippen LogP contribution in [-0.4, -0.2) is 20.9 Å². The third-order valence-electron chi connectivity index (χ3n) is 7.25. The monoisotopic (exact) mass is 512 g/mol. The van der Waals surface area contributed by atoms with Crippen molar-refractivity contribution in [2.24, 2.45) is 4.99 Å². The first-order valence-corrected chi connectivity index (χ1v) is 12.1. The van der Waals surface area contributed by atoms with Crippen molar-refractivity contribution < 1.29 is 22.4 Å². The molecule has 0 amide bonds. The lowest BCUT2D eigenvalue weighted by atomic mass is 9.97. The number of aliphatic imine (C=N–C) groups is 1. The number of fused-ring (bicyclic) bond motifs is 6. The highest BCUT2D eigenvalue weighted by Crippen LogP contribution is 2.46. The van der Waals surface area contributed by atoms with Crippen LogP contribution in [0.4, 0.5) is 23.6 Å². The van der Waals surface area contributed by atoms with Gasteiger partial charge in [-0.05, 0) is 89.2 Å². The molecule has 186 valence electrons. The molecule has 0 unspecified atom stereocenters. The fraction of sp³-hybridized carbons (Fsp3) is 0.0667. The highest BCUT2D eigenvalue weighted by atomic mass is 19.4. The van der Waals surface area contributed by atoms with Crippen LogP contribution in [0.5, 0.6) is 0 Å². The van der Waals surface area contributed by atoms with Gasteiger partial charge in [0.2, 0.25) is 5.71 Å². The molecule has 4 aromatic carbocycles. The van der Waals surface area contributed by atoms with Crippen molar-refractivity contribution in [1.82, 2.24) is 9.82 Å². The number of amidine groups is 1. The van der Waals surface area contributed by atoms with E-state index in [0.717, 1.165) is 9.36 Å². The van der Waals surface area contributed by atoms with E-state index in [-0.39, 0.29) is 23.1 Å². The van der Waals surface area contributed by atoms with Gasteiger partial charge < -0.3 is 0 Å². The molecule has 7 rings (SSSR count). The van der Waals surface area contributed by atoms with Crippen molar-refractivity contribution in [2.45, 2.75) is 13.8 Å². The predicted molar refractivity (Wildman–Crippen MR) is 139 cm³/mol. The Bertz CT molecular complexity index is 1900. The Kier molecular flexibility index (Phi) is 4.60. The number of aryl methyl sites for hydroxylation is 2. The van der Waals surface area contributed by atoms with Crippen LogP contribution in [-0.2, 0) is 0 Å². The van der Waals surface area contributed by atoms with Gasteiger partial charge >= 0.3 is 16.8 Å². The number of aromatic nitrogens is 1. The summed E-state index contributed by atoms with van der Waals surface area (Å²) in [6.45, 7) is 3.39. The molecule has 4 nitrogen and oxygen atoms in total. The fourth-order valence-electron chi connectivity index (χ4n) is 5.61. The van der Waals surface area contributed by atoms with Crippen molar-refractivity contribution in [3.63, 3.8) is 0 Å². The van der Waals surface area contributed by atoms with Crippen molar-refractivity contribution in [3.05, 3.63) is 124 Å².